The Morgan fingerprint density at radius 2 is 1.71 bits per heavy atom. The van der Waals surface area contributed by atoms with Crippen LogP contribution in [0.2, 0.25) is 10.3 Å². The van der Waals surface area contributed by atoms with E-state index in [-0.39, 0.29) is 0 Å². The molecule has 0 radical (unpaired) electrons. The van der Waals surface area contributed by atoms with Gasteiger partial charge >= 0.3 is 0 Å². The maximum absolute atomic E-state index is 5.81. The summed E-state index contributed by atoms with van der Waals surface area (Å²) in [7, 11) is 0. The van der Waals surface area contributed by atoms with Gasteiger partial charge < -0.3 is 0 Å². The lowest BCUT2D eigenvalue weighted by atomic mass is 10.3. The molecule has 1 aromatic rings. The average molecular weight is 250 g/mol. The standard InChI is InChI=1S/C10H13Cl2NS/c1-3-7(4-2)14-8-5-9(11)13-10(12)6-8/h5-7H,3-4H2,1-2H3. The highest BCUT2D eigenvalue weighted by Gasteiger charge is 2.07. The fraction of sp³-hybridized carbons (Fsp3) is 0.500. The van der Waals surface area contributed by atoms with E-state index in [1.165, 1.54) is 0 Å². The third-order valence-corrected chi connectivity index (χ3v) is 3.84. The molecule has 1 heterocycles. The van der Waals surface area contributed by atoms with Gasteiger partial charge in [0.1, 0.15) is 10.3 Å². The maximum atomic E-state index is 5.81. The van der Waals surface area contributed by atoms with Crippen LogP contribution in [0.25, 0.3) is 0 Å². The van der Waals surface area contributed by atoms with Gasteiger partial charge in [0.15, 0.2) is 0 Å². The quantitative estimate of drug-likeness (QED) is 0.569. The normalized spacial score (nSPS) is 10.9. The fourth-order valence-corrected chi connectivity index (χ4v) is 2.83. The second-order valence-corrected chi connectivity index (χ2v) is 5.15. The number of hydrogen-bond donors (Lipinski definition) is 0. The summed E-state index contributed by atoms with van der Waals surface area (Å²) in [5.74, 6) is 0. The highest BCUT2D eigenvalue weighted by Crippen LogP contribution is 2.30. The molecule has 0 atom stereocenters. The number of nitrogens with zero attached hydrogens (tertiary/aromatic N) is 1. The zero-order valence-corrected chi connectivity index (χ0v) is 10.6. The van der Waals surface area contributed by atoms with Crippen LogP contribution in [-0.2, 0) is 0 Å². The molecule has 0 unspecified atom stereocenters. The van der Waals surface area contributed by atoms with Crippen molar-refractivity contribution >= 4 is 35.0 Å². The number of hydrogen-bond acceptors (Lipinski definition) is 2. The van der Waals surface area contributed by atoms with Gasteiger partial charge in [-0.05, 0) is 25.0 Å². The lowest BCUT2D eigenvalue weighted by Gasteiger charge is -2.11. The van der Waals surface area contributed by atoms with Crippen LogP contribution >= 0.6 is 35.0 Å². The summed E-state index contributed by atoms with van der Waals surface area (Å²) in [6.07, 6.45) is 2.30. The molecule has 78 valence electrons. The molecule has 14 heavy (non-hydrogen) atoms. The fourth-order valence-electron chi connectivity index (χ4n) is 1.16. The molecule has 1 rings (SSSR count). The summed E-state index contributed by atoms with van der Waals surface area (Å²) < 4.78 is 0. The number of thioether (sulfide) groups is 1. The number of rotatable bonds is 4. The van der Waals surface area contributed by atoms with Gasteiger partial charge in [-0.15, -0.1) is 11.8 Å². The molecule has 1 aromatic heterocycles. The molecule has 4 heteroatoms. The molecule has 0 saturated heterocycles. The number of pyridine rings is 1. The van der Waals surface area contributed by atoms with Crippen molar-refractivity contribution in [3.63, 3.8) is 0 Å². The maximum Gasteiger partial charge on any atom is 0.131 e. The summed E-state index contributed by atoms with van der Waals surface area (Å²) in [4.78, 5) is 5.01. The topological polar surface area (TPSA) is 12.9 Å². The van der Waals surface area contributed by atoms with E-state index >= 15 is 0 Å². The van der Waals surface area contributed by atoms with Gasteiger partial charge in [-0.3, -0.25) is 0 Å². The van der Waals surface area contributed by atoms with Crippen LogP contribution in [0.4, 0.5) is 0 Å². The Morgan fingerprint density at radius 3 is 2.14 bits per heavy atom. The Labute approximate surface area is 99.2 Å². The van der Waals surface area contributed by atoms with Gasteiger partial charge in [-0.2, -0.15) is 0 Å². The van der Waals surface area contributed by atoms with E-state index in [1.54, 1.807) is 0 Å². The Bertz CT molecular complexity index is 280. The molecule has 0 aromatic carbocycles. The molecule has 0 N–H and O–H groups in total. The monoisotopic (exact) mass is 249 g/mol. The first kappa shape index (κ1) is 12.2. The first-order valence-electron chi connectivity index (χ1n) is 4.65. The van der Waals surface area contributed by atoms with Crippen molar-refractivity contribution in [1.82, 2.24) is 4.98 Å². The van der Waals surface area contributed by atoms with Gasteiger partial charge in [0.05, 0.1) is 0 Å². The molecule has 0 amide bonds. The zero-order chi connectivity index (χ0) is 10.6. The van der Waals surface area contributed by atoms with Crippen LogP contribution in [0.1, 0.15) is 26.7 Å². The number of aromatic nitrogens is 1. The molecule has 0 aliphatic carbocycles. The van der Waals surface area contributed by atoms with Gasteiger partial charge in [0.2, 0.25) is 0 Å². The van der Waals surface area contributed by atoms with Crippen molar-refractivity contribution in [3.8, 4) is 0 Å². The van der Waals surface area contributed by atoms with E-state index in [0.717, 1.165) is 17.7 Å². The number of halogens is 2. The van der Waals surface area contributed by atoms with Crippen molar-refractivity contribution < 1.29 is 0 Å². The first-order valence-corrected chi connectivity index (χ1v) is 6.29. The van der Waals surface area contributed by atoms with Gasteiger partial charge in [0, 0.05) is 10.1 Å². The highest BCUT2D eigenvalue weighted by atomic mass is 35.5. The lowest BCUT2D eigenvalue weighted by molar-refractivity contribution is 0.792. The van der Waals surface area contributed by atoms with E-state index in [1.807, 2.05) is 23.9 Å². The Balaban J connectivity index is 2.75. The Hall–Kier alpha value is 0.0800. The van der Waals surface area contributed by atoms with Crippen LogP contribution in [0.5, 0.6) is 0 Å². The van der Waals surface area contributed by atoms with Crippen LogP contribution in [-0.4, -0.2) is 10.2 Å². The molecular formula is C10H13Cl2NS. The molecule has 0 aliphatic heterocycles. The van der Waals surface area contributed by atoms with Crippen molar-refractivity contribution in [2.45, 2.75) is 36.8 Å². The lowest BCUT2D eigenvalue weighted by Crippen LogP contribution is -1.97. The molecule has 0 bridgehead atoms. The predicted octanol–water partition coefficient (Wildman–Crippen LogP) is 4.67. The molecule has 0 aliphatic rings. The third-order valence-electron chi connectivity index (χ3n) is 1.95. The second kappa shape index (κ2) is 5.84. The van der Waals surface area contributed by atoms with Gasteiger partial charge in [0.25, 0.3) is 0 Å². The van der Waals surface area contributed by atoms with Crippen LogP contribution in [0.15, 0.2) is 17.0 Å². The van der Waals surface area contributed by atoms with Crippen LogP contribution in [0, 0.1) is 0 Å². The summed E-state index contributed by atoms with van der Waals surface area (Å²) in [6, 6.07) is 3.72. The predicted molar refractivity (Wildman–Crippen MR) is 64.5 cm³/mol. The van der Waals surface area contributed by atoms with Crippen molar-refractivity contribution in [2.75, 3.05) is 0 Å². The molecule has 0 saturated carbocycles. The van der Waals surface area contributed by atoms with E-state index in [0.29, 0.717) is 15.6 Å². The van der Waals surface area contributed by atoms with Crippen molar-refractivity contribution in [2.24, 2.45) is 0 Å². The second-order valence-electron chi connectivity index (χ2n) is 3.00. The minimum atomic E-state index is 0.464. The SMILES string of the molecule is CCC(CC)Sc1cc(Cl)nc(Cl)c1. The summed E-state index contributed by atoms with van der Waals surface area (Å²) in [5.41, 5.74) is 0. The van der Waals surface area contributed by atoms with E-state index in [4.69, 9.17) is 23.2 Å². The molecule has 0 fully saturated rings. The third kappa shape index (κ3) is 3.68. The molecule has 1 nitrogen and oxygen atoms in total. The Kier molecular flexibility index (Phi) is 5.07. The zero-order valence-electron chi connectivity index (χ0n) is 8.26. The first-order chi connectivity index (χ1) is 6.65. The van der Waals surface area contributed by atoms with Crippen molar-refractivity contribution in [1.29, 1.82) is 0 Å². The summed E-state index contributed by atoms with van der Waals surface area (Å²) in [6.45, 7) is 4.37. The van der Waals surface area contributed by atoms with E-state index < -0.39 is 0 Å². The van der Waals surface area contributed by atoms with Crippen LogP contribution in [0.3, 0.4) is 0 Å². The van der Waals surface area contributed by atoms with E-state index in [9.17, 15) is 0 Å². The Morgan fingerprint density at radius 1 is 1.21 bits per heavy atom. The van der Waals surface area contributed by atoms with Crippen molar-refractivity contribution in [3.05, 3.63) is 22.4 Å². The highest BCUT2D eigenvalue weighted by molar-refractivity contribution is 8.00. The molecule has 0 spiro atoms. The minimum absolute atomic E-state index is 0.464. The summed E-state index contributed by atoms with van der Waals surface area (Å²) >= 11 is 13.4. The molecular weight excluding hydrogens is 237 g/mol. The average Bonchev–Trinajstić information content (AvgIpc) is 2.12. The smallest absolute Gasteiger partial charge is 0.131 e. The van der Waals surface area contributed by atoms with E-state index in [2.05, 4.69) is 18.8 Å². The minimum Gasteiger partial charge on any atom is -0.224 e. The largest absolute Gasteiger partial charge is 0.224 e. The van der Waals surface area contributed by atoms with Crippen LogP contribution < -0.4 is 0 Å². The van der Waals surface area contributed by atoms with Gasteiger partial charge in [-0.1, -0.05) is 37.0 Å². The summed E-state index contributed by atoms with van der Waals surface area (Å²) in [5, 5.41) is 1.56. The van der Waals surface area contributed by atoms with Gasteiger partial charge in [-0.25, -0.2) is 4.98 Å².